The fourth-order valence-corrected chi connectivity index (χ4v) is 2.54. The third-order valence-electron chi connectivity index (χ3n) is 3.05. The summed E-state index contributed by atoms with van der Waals surface area (Å²) in [5.41, 5.74) is 0.426. The van der Waals surface area contributed by atoms with E-state index >= 15 is 0 Å². The molecule has 6 heteroatoms. The highest BCUT2D eigenvalue weighted by atomic mass is 35.5. The van der Waals surface area contributed by atoms with Crippen molar-refractivity contribution in [2.24, 2.45) is 0 Å². The lowest BCUT2D eigenvalue weighted by molar-refractivity contribution is 0.0117. The quantitative estimate of drug-likeness (QED) is 0.870. The number of nitrogens with one attached hydrogen (secondary N) is 1. The maximum Gasteiger partial charge on any atom is 0.251 e. The first kappa shape index (κ1) is 14.6. The molecule has 104 valence electrons. The second-order valence-electron chi connectivity index (χ2n) is 4.53. The van der Waals surface area contributed by atoms with E-state index in [2.05, 4.69) is 10.3 Å². The van der Waals surface area contributed by atoms with Crippen molar-refractivity contribution < 1.29 is 9.53 Å². The minimum atomic E-state index is -0.193. The molecule has 2 heterocycles. The second kappa shape index (κ2) is 7.08. The van der Waals surface area contributed by atoms with Gasteiger partial charge in [-0.15, -0.1) is 0 Å². The van der Waals surface area contributed by atoms with Gasteiger partial charge in [0.2, 0.25) is 0 Å². The molecule has 0 radical (unpaired) electrons. The molecule has 0 bridgehead atoms. The Morgan fingerprint density at radius 1 is 1.37 bits per heavy atom. The van der Waals surface area contributed by atoms with Crippen LogP contribution in [-0.2, 0) is 4.74 Å². The summed E-state index contributed by atoms with van der Waals surface area (Å²) in [5, 5.41) is 3.27. The van der Waals surface area contributed by atoms with E-state index in [1.165, 1.54) is 18.6 Å². The van der Waals surface area contributed by atoms with Crippen molar-refractivity contribution in [3.8, 4) is 0 Å². The van der Waals surface area contributed by atoms with Gasteiger partial charge in [-0.05, 0) is 37.8 Å². The number of amides is 1. The van der Waals surface area contributed by atoms with Crippen molar-refractivity contribution in [1.29, 1.82) is 0 Å². The predicted octanol–water partition coefficient (Wildman–Crippen LogP) is 3.08. The molecule has 1 fully saturated rings. The van der Waals surface area contributed by atoms with Crippen LogP contribution in [0.5, 0.6) is 0 Å². The van der Waals surface area contributed by atoms with Crippen LogP contribution < -0.4 is 5.32 Å². The molecule has 0 aliphatic carbocycles. The molecular weight excluding hydrogens is 287 g/mol. The lowest BCUT2D eigenvalue weighted by Crippen LogP contribution is -2.29. The Bertz CT molecular complexity index is 428. The molecule has 1 aliphatic heterocycles. The van der Waals surface area contributed by atoms with Gasteiger partial charge in [0.1, 0.15) is 10.3 Å². The van der Waals surface area contributed by atoms with Crippen LogP contribution in [-0.4, -0.2) is 30.1 Å². The van der Waals surface area contributed by atoms with Crippen LogP contribution in [0.3, 0.4) is 0 Å². The molecule has 0 saturated carbocycles. The van der Waals surface area contributed by atoms with Crippen molar-refractivity contribution in [2.45, 2.75) is 31.8 Å². The first-order valence-corrected chi connectivity index (χ1v) is 7.13. The van der Waals surface area contributed by atoms with E-state index in [0.717, 1.165) is 25.9 Å². The van der Waals surface area contributed by atoms with E-state index in [1.54, 1.807) is 0 Å². The normalized spacial score (nSPS) is 19.2. The lowest BCUT2D eigenvalue weighted by Gasteiger charge is -2.22. The fraction of sp³-hybridized carbons (Fsp3) is 0.538. The maximum absolute atomic E-state index is 11.9. The SMILES string of the molecule is O=C(NCCC1CCCCO1)c1cc(Cl)nc(Cl)c1. The zero-order valence-electron chi connectivity index (χ0n) is 10.5. The van der Waals surface area contributed by atoms with Crippen molar-refractivity contribution in [2.75, 3.05) is 13.2 Å². The number of ether oxygens (including phenoxy) is 1. The Balaban J connectivity index is 1.80. The summed E-state index contributed by atoms with van der Waals surface area (Å²) in [4.78, 5) is 15.7. The standard InChI is InChI=1S/C13H16Cl2N2O2/c14-11-7-9(8-12(15)17-11)13(18)16-5-4-10-3-1-2-6-19-10/h7-8,10H,1-6H2,(H,16,18). The number of carbonyl (C=O) groups is 1. The van der Waals surface area contributed by atoms with Gasteiger partial charge < -0.3 is 10.1 Å². The molecule has 1 saturated heterocycles. The van der Waals surface area contributed by atoms with Crippen LogP contribution in [0.2, 0.25) is 10.3 Å². The number of nitrogens with zero attached hydrogens (tertiary/aromatic N) is 1. The highest BCUT2D eigenvalue weighted by molar-refractivity contribution is 6.33. The van der Waals surface area contributed by atoms with E-state index in [4.69, 9.17) is 27.9 Å². The fourth-order valence-electron chi connectivity index (χ4n) is 2.08. The van der Waals surface area contributed by atoms with Crippen molar-refractivity contribution in [3.63, 3.8) is 0 Å². The van der Waals surface area contributed by atoms with Gasteiger partial charge in [0.15, 0.2) is 0 Å². The Labute approximate surface area is 122 Å². The highest BCUT2D eigenvalue weighted by Gasteiger charge is 2.14. The highest BCUT2D eigenvalue weighted by Crippen LogP contribution is 2.16. The van der Waals surface area contributed by atoms with E-state index < -0.39 is 0 Å². The van der Waals surface area contributed by atoms with E-state index in [1.807, 2.05) is 0 Å². The van der Waals surface area contributed by atoms with Gasteiger partial charge in [-0.2, -0.15) is 0 Å². The van der Waals surface area contributed by atoms with Crippen LogP contribution >= 0.6 is 23.2 Å². The third kappa shape index (κ3) is 4.64. The Morgan fingerprint density at radius 2 is 2.11 bits per heavy atom. The zero-order valence-corrected chi connectivity index (χ0v) is 12.0. The average Bonchev–Trinajstić information content (AvgIpc) is 2.38. The number of hydrogen-bond donors (Lipinski definition) is 1. The first-order chi connectivity index (χ1) is 9.15. The number of hydrogen-bond acceptors (Lipinski definition) is 3. The van der Waals surface area contributed by atoms with Gasteiger partial charge in [0.25, 0.3) is 5.91 Å². The monoisotopic (exact) mass is 302 g/mol. The van der Waals surface area contributed by atoms with Crippen molar-refractivity contribution >= 4 is 29.1 Å². The smallest absolute Gasteiger partial charge is 0.251 e. The molecule has 1 unspecified atom stereocenters. The van der Waals surface area contributed by atoms with E-state index in [9.17, 15) is 4.79 Å². The summed E-state index contributed by atoms with van der Waals surface area (Å²) in [6.07, 6.45) is 4.50. The molecular formula is C13H16Cl2N2O2. The number of rotatable bonds is 4. The van der Waals surface area contributed by atoms with Gasteiger partial charge in [-0.25, -0.2) is 4.98 Å². The number of aromatic nitrogens is 1. The molecule has 19 heavy (non-hydrogen) atoms. The average molecular weight is 303 g/mol. The summed E-state index contributed by atoms with van der Waals surface area (Å²) in [7, 11) is 0. The van der Waals surface area contributed by atoms with Crippen molar-refractivity contribution in [3.05, 3.63) is 28.0 Å². The van der Waals surface area contributed by atoms with Gasteiger partial charge in [0.05, 0.1) is 6.10 Å². The van der Waals surface area contributed by atoms with Crippen LogP contribution in [0, 0.1) is 0 Å². The first-order valence-electron chi connectivity index (χ1n) is 6.38. The summed E-state index contributed by atoms with van der Waals surface area (Å²) < 4.78 is 5.60. The molecule has 4 nitrogen and oxygen atoms in total. The van der Waals surface area contributed by atoms with E-state index in [0.29, 0.717) is 12.1 Å². The van der Waals surface area contributed by atoms with Gasteiger partial charge in [-0.1, -0.05) is 23.2 Å². The summed E-state index contributed by atoms with van der Waals surface area (Å²) in [5.74, 6) is -0.193. The van der Waals surface area contributed by atoms with Gasteiger partial charge >= 0.3 is 0 Å². The van der Waals surface area contributed by atoms with Crippen LogP contribution in [0.25, 0.3) is 0 Å². The number of pyridine rings is 1. The van der Waals surface area contributed by atoms with Crippen LogP contribution in [0.4, 0.5) is 0 Å². The molecule has 1 atom stereocenters. The van der Waals surface area contributed by atoms with Crippen molar-refractivity contribution in [1.82, 2.24) is 10.3 Å². The summed E-state index contributed by atoms with van der Waals surface area (Å²) in [6, 6.07) is 3.00. The molecule has 0 spiro atoms. The lowest BCUT2D eigenvalue weighted by atomic mass is 10.1. The molecule has 0 aromatic carbocycles. The van der Waals surface area contributed by atoms with Crippen LogP contribution in [0.1, 0.15) is 36.0 Å². The predicted molar refractivity (Wildman–Crippen MR) is 74.8 cm³/mol. The third-order valence-corrected chi connectivity index (χ3v) is 3.44. The minimum Gasteiger partial charge on any atom is -0.378 e. The topological polar surface area (TPSA) is 51.2 Å². The zero-order chi connectivity index (χ0) is 13.7. The molecule has 1 aromatic rings. The molecule has 1 aromatic heterocycles. The summed E-state index contributed by atoms with van der Waals surface area (Å²) >= 11 is 11.5. The number of carbonyl (C=O) groups excluding carboxylic acids is 1. The molecule has 2 rings (SSSR count). The Morgan fingerprint density at radius 3 is 2.74 bits per heavy atom. The molecule has 1 amide bonds. The molecule has 1 aliphatic rings. The molecule has 1 N–H and O–H groups in total. The Hall–Kier alpha value is -0.840. The Kier molecular flexibility index (Phi) is 5.43. The largest absolute Gasteiger partial charge is 0.378 e. The van der Waals surface area contributed by atoms with Gasteiger partial charge in [-0.3, -0.25) is 4.79 Å². The van der Waals surface area contributed by atoms with E-state index in [-0.39, 0.29) is 22.3 Å². The minimum absolute atomic E-state index is 0.193. The second-order valence-corrected chi connectivity index (χ2v) is 5.31. The number of halogens is 2. The maximum atomic E-state index is 11.9. The summed E-state index contributed by atoms with van der Waals surface area (Å²) in [6.45, 7) is 1.41. The van der Waals surface area contributed by atoms with Crippen LogP contribution in [0.15, 0.2) is 12.1 Å². The van der Waals surface area contributed by atoms with Gasteiger partial charge in [0, 0.05) is 18.7 Å².